The second-order valence-electron chi connectivity index (χ2n) is 2.81. The van der Waals surface area contributed by atoms with E-state index in [2.05, 4.69) is 10.9 Å². The first-order chi connectivity index (χ1) is 6.47. The van der Waals surface area contributed by atoms with Crippen molar-refractivity contribution >= 4 is 5.91 Å². The molecule has 0 saturated heterocycles. The molecule has 0 unspecified atom stereocenters. The summed E-state index contributed by atoms with van der Waals surface area (Å²) in [4.78, 5) is 10.6. The van der Waals surface area contributed by atoms with Gasteiger partial charge in [0.2, 0.25) is 0 Å². The Morgan fingerprint density at radius 2 is 2.43 bits per heavy atom. The van der Waals surface area contributed by atoms with Gasteiger partial charge < -0.3 is 0 Å². The van der Waals surface area contributed by atoms with Crippen LogP contribution in [0.25, 0.3) is 0 Å². The molecule has 14 heavy (non-hydrogen) atoms. The molecule has 7 heteroatoms. The standard InChI is InChI=1S/C7H10F2N4O/c1-5-2-3-11-13(5)4-7(8,9)6(14)12-10/h2-3H,4,10H2,1H3,(H,12,14). The Labute approximate surface area is 78.9 Å². The molecule has 0 aliphatic rings. The average molecular weight is 204 g/mol. The lowest BCUT2D eigenvalue weighted by Crippen LogP contribution is -2.46. The van der Waals surface area contributed by atoms with Crippen molar-refractivity contribution in [3.05, 3.63) is 18.0 Å². The zero-order chi connectivity index (χ0) is 10.8. The van der Waals surface area contributed by atoms with Crippen LogP contribution in [-0.4, -0.2) is 21.6 Å². The highest BCUT2D eigenvalue weighted by molar-refractivity contribution is 5.82. The van der Waals surface area contributed by atoms with Crippen molar-refractivity contribution in [1.29, 1.82) is 0 Å². The van der Waals surface area contributed by atoms with Crippen LogP contribution in [0.5, 0.6) is 0 Å². The number of hydrazine groups is 1. The fourth-order valence-corrected chi connectivity index (χ4v) is 0.930. The molecule has 0 aromatic carbocycles. The Kier molecular flexibility index (Phi) is 2.80. The lowest BCUT2D eigenvalue weighted by molar-refractivity contribution is -0.147. The molecular formula is C7H10F2N4O. The summed E-state index contributed by atoms with van der Waals surface area (Å²) in [6.45, 7) is 0.804. The number of carbonyl (C=O) groups is 1. The van der Waals surface area contributed by atoms with Crippen LogP contribution >= 0.6 is 0 Å². The first-order valence-electron chi connectivity index (χ1n) is 3.84. The third kappa shape index (κ3) is 2.05. The molecule has 3 N–H and O–H groups in total. The Hall–Kier alpha value is -1.50. The predicted octanol–water partition coefficient (Wildman–Crippen LogP) is -0.183. The van der Waals surface area contributed by atoms with E-state index < -0.39 is 18.4 Å². The number of hydrogen-bond donors (Lipinski definition) is 2. The molecular weight excluding hydrogens is 194 g/mol. The van der Waals surface area contributed by atoms with Crippen LogP contribution in [0, 0.1) is 6.92 Å². The summed E-state index contributed by atoms with van der Waals surface area (Å²) in [5.74, 6) is -0.455. The van der Waals surface area contributed by atoms with Gasteiger partial charge in [-0.15, -0.1) is 0 Å². The van der Waals surface area contributed by atoms with Crippen LogP contribution in [-0.2, 0) is 11.3 Å². The highest BCUT2D eigenvalue weighted by Crippen LogP contribution is 2.16. The Morgan fingerprint density at radius 3 is 2.86 bits per heavy atom. The molecule has 0 saturated carbocycles. The van der Waals surface area contributed by atoms with Crippen LogP contribution < -0.4 is 11.3 Å². The number of hydrogen-bond acceptors (Lipinski definition) is 3. The molecule has 0 radical (unpaired) electrons. The molecule has 1 aromatic heterocycles. The Bertz CT molecular complexity index is 336. The van der Waals surface area contributed by atoms with Crippen LogP contribution in [0.2, 0.25) is 0 Å². The summed E-state index contributed by atoms with van der Waals surface area (Å²) in [6, 6.07) is 1.57. The Balaban J connectivity index is 2.78. The van der Waals surface area contributed by atoms with Gasteiger partial charge in [-0.3, -0.25) is 14.9 Å². The largest absolute Gasteiger partial charge is 0.344 e. The number of amides is 1. The second-order valence-corrected chi connectivity index (χ2v) is 2.81. The van der Waals surface area contributed by atoms with Gasteiger partial charge in [-0.25, -0.2) is 5.84 Å². The van der Waals surface area contributed by atoms with Gasteiger partial charge in [-0.2, -0.15) is 13.9 Å². The predicted molar refractivity (Wildman–Crippen MR) is 44.2 cm³/mol. The summed E-state index contributed by atoms with van der Waals surface area (Å²) < 4.78 is 27.1. The van der Waals surface area contributed by atoms with E-state index >= 15 is 0 Å². The van der Waals surface area contributed by atoms with Gasteiger partial charge in [0.1, 0.15) is 6.54 Å². The van der Waals surface area contributed by atoms with E-state index in [1.807, 2.05) is 0 Å². The number of alkyl halides is 2. The van der Waals surface area contributed by atoms with Gasteiger partial charge in [0.15, 0.2) is 0 Å². The second kappa shape index (κ2) is 3.70. The molecule has 0 fully saturated rings. The molecule has 5 nitrogen and oxygen atoms in total. The summed E-state index contributed by atoms with van der Waals surface area (Å²) in [5, 5.41) is 3.63. The quantitative estimate of drug-likeness (QED) is 0.407. The van der Waals surface area contributed by atoms with E-state index in [0.717, 1.165) is 4.68 Å². The number of halogens is 2. The van der Waals surface area contributed by atoms with E-state index in [-0.39, 0.29) is 0 Å². The van der Waals surface area contributed by atoms with Crippen molar-refractivity contribution in [2.45, 2.75) is 19.4 Å². The molecule has 1 aromatic rings. The van der Waals surface area contributed by atoms with Gasteiger partial charge in [0.05, 0.1) is 0 Å². The van der Waals surface area contributed by atoms with Crippen LogP contribution in [0.1, 0.15) is 5.69 Å². The minimum absolute atomic E-state index is 0.550. The molecule has 0 atom stereocenters. The normalized spacial score (nSPS) is 11.4. The number of aromatic nitrogens is 2. The summed E-state index contributed by atoms with van der Waals surface area (Å²) in [7, 11) is 0. The molecule has 1 rings (SSSR count). The molecule has 0 bridgehead atoms. The molecule has 0 aliphatic heterocycles. The van der Waals surface area contributed by atoms with Gasteiger partial charge in [-0.05, 0) is 13.0 Å². The van der Waals surface area contributed by atoms with Crippen molar-refractivity contribution < 1.29 is 13.6 Å². The van der Waals surface area contributed by atoms with E-state index in [1.54, 1.807) is 13.0 Å². The van der Waals surface area contributed by atoms with Crippen molar-refractivity contribution in [1.82, 2.24) is 15.2 Å². The van der Waals surface area contributed by atoms with Crippen LogP contribution in [0.3, 0.4) is 0 Å². The van der Waals surface area contributed by atoms with Crippen molar-refractivity contribution in [2.24, 2.45) is 5.84 Å². The van der Waals surface area contributed by atoms with E-state index in [0.29, 0.717) is 5.69 Å². The third-order valence-electron chi connectivity index (χ3n) is 1.74. The number of nitrogens with one attached hydrogen (secondary N) is 1. The van der Waals surface area contributed by atoms with Crippen molar-refractivity contribution in [2.75, 3.05) is 0 Å². The van der Waals surface area contributed by atoms with E-state index in [4.69, 9.17) is 0 Å². The average Bonchev–Trinajstić information content (AvgIpc) is 2.50. The zero-order valence-corrected chi connectivity index (χ0v) is 7.50. The van der Waals surface area contributed by atoms with Crippen LogP contribution in [0.15, 0.2) is 12.3 Å². The number of nitrogens with two attached hydrogens (primary N) is 1. The maximum Gasteiger partial charge on any atom is 0.344 e. The first-order valence-corrected chi connectivity index (χ1v) is 3.84. The smallest absolute Gasteiger partial charge is 0.289 e. The van der Waals surface area contributed by atoms with Gasteiger partial charge in [0, 0.05) is 11.9 Å². The summed E-state index contributed by atoms with van der Waals surface area (Å²) >= 11 is 0. The summed E-state index contributed by atoms with van der Waals surface area (Å²) in [6.07, 6.45) is 1.38. The van der Waals surface area contributed by atoms with E-state index in [1.165, 1.54) is 11.6 Å². The lowest BCUT2D eigenvalue weighted by Gasteiger charge is -2.14. The van der Waals surface area contributed by atoms with Crippen LogP contribution in [0.4, 0.5) is 8.78 Å². The third-order valence-corrected chi connectivity index (χ3v) is 1.74. The molecule has 0 aliphatic carbocycles. The fourth-order valence-electron chi connectivity index (χ4n) is 0.930. The van der Waals surface area contributed by atoms with Gasteiger partial charge in [0.25, 0.3) is 0 Å². The molecule has 0 spiro atoms. The number of nitrogens with zero attached hydrogens (tertiary/aromatic N) is 2. The van der Waals surface area contributed by atoms with Gasteiger partial charge in [-0.1, -0.05) is 0 Å². The van der Waals surface area contributed by atoms with E-state index in [9.17, 15) is 13.6 Å². The monoisotopic (exact) mass is 204 g/mol. The highest BCUT2D eigenvalue weighted by atomic mass is 19.3. The minimum atomic E-state index is -3.55. The maximum absolute atomic E-state index is 13.0. The number of aryl methyl sites for hydroxylation is 1. The maximum atomic E-state index is 13.0. The lowest BCUT2D eigenvalue weighted by atomic mass is 10.3. The zero-order valence-electron chi connectivity index (χ0n) is 7.50. The van der Waals surface area contributed by atoms with Crippen molar-refractivity contribution in [3.63, 3.8) is 0 Å². The first kappa shape index (κ1) is 10.6. The van der Waals surface area contributed by atoms with Crippen molar-refractivity contribution in [3.8, 4) is 0 Å². The number of rotatable bonds is 3. The molecule has 1 heterocycles. The molecule has 1 amide bonds. The highest BCUT2D eigenvalue weighted by Gasteiger charge is 2.39. The number of carbonyl (C=O) groups excluding carboxylic acids is 1. The summed E-state index contributed by atoms with van der Waals surface area (Å²) in [5.41, 5.74) is 1.96. The minimum Gasteiger partial charge on any atom is -0.289 e. The topological polar surface area (TPSA) is 72.9 Å². The Morgan fingerprint density at radius 1 is 1.79 bits per heavy atom. The SMILES string of the molecule is Cc1ccnn1CC(F)(F)C(=O)NN. The van der Waals surface area contributed by atoms with Gasteiger partial charge >= 0.3 is 11.8 Å². The molecule has 78 valence electrons. The fraction of sp³-hybridized carbons (Fsp3) is 0.429.